The second kappa shape index (κ2) is 7.84. The van der Waals surface area contributed by atoms with Gasteiger partial charge in [0.2, 0.25) is 5.91 Å². The number of amides is 1. The number of aliphatic hydroxyl groups excluding tert-OH is 1. The van der Waals surface area contributed by atoms with Crippen molar-refractivity contribution in [2.45, 2.75) is 49.9 Å². The maximum absolute atomic E-state index is 11.5. The average Bonchev–Trinajstić information content (AvgIpc) is 2.59. The van der Waals surface area contributed by atoms with Gasteiger partial charge in [0.25, 0.3) is 0 Å². The lowest BCUT2D eigenvalue weighted by molar-refractivity contribution is -0.306. The van der Waals surface area contributed by atoms with Crippen LogP contribution in [-0.4, -0.2) is 53.2 Å². The van der Waals surface area contributed by atoms with E-state index in [1.54, 1.807) is 11.8 Å². The fourth-order valence-electron chi connectivity index (χ4n) is 3.07. The molecule has 6 nitrogen and oxygen atoms in total. The van der Waals surface area contributed by atoms with Crippen molar-refractivity contribution < 1.29 is 24.1 Å². The summed E-state index contributed by atoms with van der Waals surface area (Å²) in [6.07, 6.45) is -2.30. The first-order chi connectivity index (χ1) is 11.6. The van der Waals surface area contributed by atoms with Gasteiger partial charge < -0.3 is 24.6 Å². The van der Waals surface area contributed by atoms with Gasteiger partial charge in [0.1, 0.15) is 23.7 Å². The molecule has 1 aromatic carbocycles. The minimum Gasteiger partial charge on any atom is -0.388 e. The molecular formula is C17H23NO5S. The molecule has 1 aromatic rings. The zero-order valence-corrected chi connectivity index (χ0v) is 14.6. The number of rotatable bonds is 4. The number of aliphatic hydroxyl groups is 1. The summed E-state index contributed by atoms with van der Waals surface area (Å²) >= 11 is 1.55. The predicted molar refractivity (Wildman–Crippen MR) is 90.4 cm³/mol. The first-order valence-electron chi connectivity index (χ1n) is 8.14. The molecule has 0 radical (unpaired) electrons. The number of hydrogen-bond acceptors (Lipinski definition) is 6. The van der Waals surface area contributed by atoms with Gasteiger partial charge in [0.15, 0.2) is 6.29 Å². The van der Waals surface area contributed by atoms with E-state index in [0.29, 0.717) is 6.61 Å². The first-order valence-corrected chi connectivity index (χ1v) is 9.19. The molecule has 6 atom stereocenters. The van der Waals surface area contributed by atoms with Crippen LogP contribution in [0.5, 0.6) is 0 Å². The van der Waals surface area contributed by atoms with Gasteiger partial charge in [0.05, 0.1) is 12.6 Å². The number of hydrogen-bond donors (Lipinski definition) is 2. The summed E-state index contributed by atoms with van der Waals surface area (Å²) in [6.45, 7) is 3.79. The van der Waals surface area contributed by atoms with Crippen molar-refractivity contribution >= 4 is 17.7 Å². The number of carbonyl (C=O) groups is 1. The molecule has 24 heavy (non-hydrogen) atoms. The molecular weight excluding hydrogens is 330 g/mol. The van der Waals surface area contributed by atoms with Crippen molar-refractivity contribution in [2.75, 3.05) is 12.4 Å². The molecule has 2 fully saturated rings. The molecule has 0 spiro atoms. The van der Waals surface area contributed by atoms with Crippen LogP contribution in [0, 0.1) is 0 Å². The molecule has 0 unspecified atom stereocenters. The van der Waals surface area contributed by atoms with E-state index in [0.717, 1.165) is 11.3 Å². The van der Waals surface area contributed by atoms with E-state index < -0.39 is 24.5 Å². The summed E-state index contributed by atoms with van der Waals surface area (Å²) in [5.41, 5.74) is 0.569. The quantitative estimate of drug-likeness (QED) is 0.853. The van der Waals surface area contributed by atoms with Gasteiger partial charge in [-0.1, -0.05) is 37.3 Å². The van der Waals surface area contributed by atoms with E-state index in [-0.39, 0.29) is 17.4 Å². The topological polar surface area (TPSA) is 77.0 Å². The third-order valence-corrected chi connectivity index (χ3v) is 5.20. The summed E-state index contributed by atoms with van der Waals surface area (Å²) < 4.78 is 17.8. The minimum atomic E-state index is -0.855. The van der Waals surface area contributed by atoms with Crippen molar-refractivity contribution in [3.63, 3.8) is 0 Å². The van der Waals surface area contributed by atoms with Crippen LogP contribution in [0.3, 0.4) is 0 Å². The minimum absolute atomic E-state index is 0.200. The van der Waals surface area contributed by atoms with E-state index in [2.05, 4.69) is 5.32 Å². The predicted octanol–water partition coefficient (Wildman–Crippen LogP) is 1.44. The van der Waals surface area contributed by atoms with Gasteiger partial charge in [-0.3, -0.25) is 4.79 Å². The first kappa shape index (κ1) is 17.7. The Hall–Kier alpha value is -1.12. The Morgan fingerprint density at radius 1 is 1.33 bits per heavy atom. The van der Waals surface area contributed by atoms with Gasteiger partial charge in [0, 0.05) is 12.5 Å². The molecule has 7 heteroatoms. The lowest BCUT2D eigenvalue weighted by atomic mass is 9.96. The molecule has 2 N–H and O–H groups in total. The molecule has 0 bridgehead atoms. The second-order valence-corrected chi connectivity index (χ2v) is 7.27. The highest BCUT2D eigenvalue weighted by molar-refractivity contribution is 7.99. The van der Waals surface area contributed by atoms with Crippen LogP contribution in [0.15, 0.2) is 30.3 Å². The van der Waals surface area contributed by atoms with Gasteiger partial charge in [-0.15, -0.1) is 11.8 Å². The lowest BCUT2D eigenvalue weighted by Gasteiger charge is -2.47. The Morgan fingerprint density at radius 2 is 2.08 bits per heavy atom. The number of thioether (sulfide) groups is 1. The Bertz CT molecular complexity index is 557. The summed E-state index contributed by atoms with van der Waals surface area (Å²) in [4.78, 5) is 11.5. The fraction of sp³-hybridized carbons (Fsp3) is 0.588. The standard InChI is InChI=1S/C17H23NO5S/c1-3-24-17-13(18-10(2)19)14(20)15-12(22-17)9-21-16(23-15)11-7-5-4-6-8-11/h4-8,12-17,20H,3,9H2,1-2H3,(H,18,19)/t12-,13-,14-,15+,16+,17+/m1/s1. The second-order valence-electron chi connectivity index (χ2n) is 5.89. The molecule has 2 aliphatic rings. The highest BCUT2D eigenvalue weighted by Gasteiger charge is 2.49. The normalized spacial score (nSPS) is 36.0. The van der Waals surface area contributed by atoms with E-state index in [9.17, 15) is 9.90 Å². The molecule has 2 aliphatic heterocycles. The van der Waals surface area contributed by atoms with Crippen LogP contribution in [-0.2, 0) is 19.0 Å². The molecule has 0 aromatic heterocycles. The van der Waals surface area contributed by atoms with Crippen LogP contribution in [0.4, 0.5) is 0 Å². The van der Waals surface area contributed by atoms with Crippen LogP contribution in [0.1, 0.15) is 25.7 Å². The van der Waals surface area contributed by atoms with Crippen LogP contribution in [0.2, 0.25) is 0 Å². The van der Waals surface area contributed by atoms with E-state index in [1.165, 1.54) is 6.92 Å². The molecule has 1 amide bonds. The van der Waals surface area contributed by atoms with Gasteiger partial charge in [-0.25, -0.2) is 0 Å². The average molecular weight is 353 g/mol. The lowest BCUT2D eigenvalue weighted by Crippen LogP contribution is -2.65. The Labute approximate surface area is 145 Å². The van der Waals surface area contributed by atoms with Gasteiger partial charge >= 0.3 is 0 Å². The molecule has 2 saturated heterocycles. The van der Waals surface area contributed by atoms with Crippen LogP contribution >= 0.6 is 11.8 Å². The van der Waals surface area contributed by atoms with Crippen LogP contribution < -0.4 is 5.32 Å². The Morgan fingerprint density at radius 3 is 2.75 bits per heavy atom. The monoisotopic (exact) mass is 353 g/mol. The summed E-state index contributed by atoms with van der Waals surface area (Å²) in [7, 11) is 0. The third kappa shape index (κ3) is 3.75. The largest absolute Gasteiger partial charge is 0.388 e. The van der Waals surface area contributed by atoms with E-state index in [4.69, 9.17) is 14.2 Å². The van der Waals surface area contributed by atoms with Crippen LogP contribution in [0.25, 0.3) is 0 Å². The number of benzene rings is 1. The fourth-order valence-corrected chi connectivity index (χ4v) is 4.05. The SMILES string of the molecule is CCS[C@@H]1O[C@@H]2CO[C@H](c3ccccc3)O[C@@H]2[C@H](O)[C@H]1NC(C)=O. The van der Waals surface area contributed by atoms with Crippen molar-refractivity contribution in [1.29, 1.82) is 0 Å². The molecule has 0 saturated carbocycles. The molecule has 3 rings (SSSR count). The highest BCUT2D eigenvalue weighted by Crippen LogP contribution is 2.36. The highest BCUT2D eigenvalue weighted by atomic mass is 32.2. The summed E-state index contributed by atoms with van der Waals surface area (Å²) in [5, 5.41) is 13.6. The van der Waals surface area contributed by atoms with Crippen molar-refractivity contribution in [1.82, 2.24) is 5.32 Å². The molecule has 132 valence electrons. The Balaban J connectivity index is 1.76. The van der Waals surface area contributed by atoms with Crippen molar-refractivity contribution in [3.05, 3.63) is 35.9 Å². The van der Waals surface area contributed by atoms with E-state index in [1.807, 2.05) is 37.3 Å². The Kier molecular flexibility index (Phi) is 5.78. The number of carbonyl (C=O) groups excluding carboxylic acids is 1. The van der Waals surface area contributed by atoms with E-state index >= 15 is 0 Å². The summed E-state index contributed by atoms with van der Waals surface area (Å²) in [5.74, 6) is 0.619. The smallest absolute Gasteiger partial charge is 0.217 e. The molecule has 2 heterocycles. The summed E-state index contributed by atoms with van der Waals surface area (Å²) in [6, 6.07) is 9.08. The van der Waals surface area contributed by atoms with Crippen molar-refractivity contribution in [2.24, 2.45) is 0 Å². The molecule has 0 aliphatic carbocycles. The number of fused-ring (bicyclic) bond motifs is 1. The number of ether oxygens (including phenoxy) is 3. The maximum atomic E-state index is 11.5. The van der Waals surface area contributed by atoms with Crippen molar-refractivity contribution in [3.8, 4) is 0 Å². The zero-order valence-electron chi connectivity index (χ0n) is 13.8. The number of nitrogens with one attached hydrogen (secondary N) is 1. The zero-order chi connectivity index (χ0) is 17.1. The third-order valence-electron chi connectivity index (χ3n) is 4.14. The van der Waals surface area contributed by atoms with Gasteiger partial charge in [-0.05, 0) is 5.75 Å². The maximum Gasteiger partial charge on any atom is 0.217 e. The van der Waals surface area contributed by atoms with Gasteiger partial charge in [-0.2, -0.15) is 0 Å².